The average molecular weight is 390 g/mol. The Hall–Kier alpha value is -2.00. The molecule has 1 aliphatic rings. The second kappa shape index (κ2) is 7.93. The van der Waals surface area contributed by atoms with Gasteiger partial charge in [-0.2, -0.15) is 4.52 Å². The highest BCUT2D eigenvalue weighted by Gasteiger charge is 2.35. The fourth-order valence-corrected chi connectivity index (χ4v) is 5.13. The van der Waals surface area contributed by atoms with E-state index in [9.17, 15) is 10.2 Å². The number of fused-ring (bicyclic) bond motifs is 1. The average Bonchev–Trinajstić information content (AvgIpc) is 3.24. The first-order chi connectivity index (χ1) is 13.2. The predicted octanol–water partition coefficient (Wildman–Crippen LogP) is -1.08. The summed E-state index contributed by atoms with van der Waals surface area (Å²) in [6.45, 7) is 7.13. The van der Waals surface area contributed by atoms with Crippen molar-refractivity contribution in [3.8, 4) is 5.88 Å². The Balaban J connectivity index is 1.69. The first-order valence-electron chi connectivity index (χ1n) is 9.62. The molecular formula is C19H27N5O2S+2. The molecule has 1 saturated heterocycles. The summed E-state index contributed by atoms with van der Waals surface area (Å²) in [5.74, 6) is 0.974. The Labute approximate surface area is 162 Å². The highest BCUT2D eigenvalue weighted by atomic mass is 32.1. The maximum absolute atomic E-state index is 10.9. The van der Waals surface area contributed by atoms with Crippen LogP contribution in [0.2, 0.25) is 0 Å². The van der Waals surface area contributed by atoms with E-state index < -0.39 is 0 Å². The molecule has 144 valence electrons. The quantitative estimate of drug-likeness (QED) is 0.433. The number of aliphatic hydroxyl groups is 1. The number of quaternary nitrogens is 2. The molecule has 1 atom stereocenters. The number of rotatable bonds is 6. The van der Waals surface area contributed by atoms with Crippen LogP contribution in [0.5, 0.6) is 5.88 Å². The summed E-state index contributed by atoms with van der Waals surface area (Å²) in [5, 5.41) is 24.6. The number of nitrogens with one attached hydrogen (secondary N) is 2. The molecule has 4 rings (SSSR count). The molecular weight excluding hydrogens is 362 g/mol. The van der Waals surface area contributed by atoms with E-state index in [2.05, 4.69) is 34.3 Å². The Morgan fingerprint density at radius 2 is 1.93 bits per heavy atom. The van der Waals surface area contributed by atoms with Gasteiger partial charge in [-0.25, -0.2) is 4.98 Å². The lowest BCUT2D eigenvalue weighted by Gasteiger charge is -2.34. The molecule has 4 N–H and O–H groups in total. The molecule has 0 bridgehead atoms. The van der Waals surface area contributed by atoms with Crippen LogP contribution in [0.3, 0.4) is 0 Å². The number of aryl methyl sites for hydroxylation is 1. The van der Waals surface area contributed by atoms with Gasteiger partial charge in [-0.05, 0) is 0 Å². The van der Waals surface area contributed by atoms with Crippen LogP contribution in [-0.4, -0.2) is 64.1 Å². The molecule has 1 fully saturated rings. The normalized spacial score (nSPS) is 21.6. The van der Waals surface area contributed by atoms with E-state index in [1.165, 1.54) is 26.7 Å². The molecule has 7 nitrogen and oxygen atoms in total. The number of thiazole rings is 1. The third-order valence-corrected chi connectivity index (χ3v) is 6.51. The molecule has 1 aliphatic heterocycles. The molecule has 0 radical (unpaired) electrons. The Morgan fingerprint density at radius 3 is 2.56 bits per heavy atom. The number of nitrogens with zero attached hydrogens (tertiary/aromatic N) is 3. The summed E-state index contributed by atoms with van der Waals surface area (Å²) in [4.78, 5) is 9.12. The van der Waals surface area contributed by atoms with Gasteiger partial charge in [0.05, 0.1) is 6.61 Å². The maximum Gasteiger partial charge on any atom is 0.235 e. The van der Waals surface area contributed by atoms with Gasteiger partial charge in [0.2, 0.25) is 10.8 Å². The van der Waals surface area contributed by atoms with E-state index in [1.807, 2.05) is 13.0 Å². The lowest BCUT2D eigenvalue weighted by atomic mass is 10.0. The van der Waals surface area contributed by atoms with Gasteiger partial charge >= 0.3 is 0 Å². The second-order valence-electron chi connectivity index (χ2n) is 7.09. The van der Waals surface area contributed by atoms with E-state index in [0.717, 1.165) is 54.8 Å². The molecule has 0 spiro atoms. The van der Waals surface area contributed by atoms with Crippen molar-refractivity contribution in [2.24, 2.45) is 0 Å². The molecule has 3 heterocycles. The van der Waals surface area contributed by atoms with Gasteiger partial charge in [-0.15, -0.1) is 5.10 Å². The lowest BCUT2D eigenvalue weighted by Crippen LogP contribution is -3.28. The zero-order chi connectivity index (χ0) is 18.8. The van der Waals surface area contributed by atoms with Crippen molar-refractivity contribution in [1.82, 2.24) is 14.6 Å². The highest BCUT2D eigenvalue weighted by Crippen LogP contribution is 2.34. The number of hydrogen-bond acceptors (Lipinski definition) is 5. The van der Waals surface area contributed by atoms with Crippen LogP contribution in [0.15, 0.2) is 30.3 Å². The van der Waals surface area contributed by atoms with E-state index in [0.29, 0.717) is 0 Å². The lowest BCUT2D eigenvalue weighted by molar-refractivity contribution is -1.02. The molecule has 3 aromatic rings. The van der Waals surface area contributed by atoms with Crippen LogP contribution in [0, 0.1) is 0 Å². The standard InChI is InChI=1S/C19H25N5O2S/c1-2-15-20-19-24(21-15)18(26)17(27-19)16(14-6-4-3-5-7-14)23-10-8-22(9-11-23)12-13-25/h3-7,16,25-26H,2,8-13H2,1H3/p+2/t16-/m0/s1. The summed E-state index contributed by atoms with van der Waals surface area (Å²) in [6, 6.07) is 10.5. The van der Waals surface area contributed by atoms with Crippen molar-refractivity contribution in [1.29, 1.82) is 0 Å². The summed E-state index contributed by atoms with van der Waals surface area (Å²) in [5.41, 5.74) is 1.20. The third-order valence-electron chi connectivity index (χ3n) is 5.43. The van der Waals surface area contributed by atoms with Gasteiger partial charge in [0.25, 0.3) is 0 Å². The van der Waals surface area contributed by atoms with Gasteiger partial charge in [-0.1, -0.05) is 48.6 Å². The summed E-state index contributed by atoms with van der Waals surface area (Å²) >= 11 is 1.54. The fraction of sp³-hybridized carbons (Fsp3) is 0.474. The minimum atomic E-state index is 0.0699. The molecule has 27 heavy (non-hydrogen) atoms. The van der Waals surface area contributed by atoms with Crippen LogP contribution in [0.1, 0.15) is 29.2 Å². The van der Waals surface area contributed by atoms with Gasteiger partial charge in [0.1, 0.15) is 37.6 Å². The number of aromatic hydroxyl groups is 1. The predicted molar refractivity (Wildman–Crippen MR) is 104 cm³/mol. The highest BCUT2D eigenvalue weighted by molar-refractivity contribution is 7.17. The van der Waals surface area contributed by atoms with Crippen LogP contribution in [0.25, 0.3) is 4.96 Å². The molecule has 1 aromatic carbocycles. The largest absolute Gasteiger partial charge is 0.492 e. The molecule has 0 aliphatic carbocycles. The van der Waals surface area contributed by atoms with Crippen molar-refractivity contribution < 1.29 is 20.0 Å². The van der Waals surface area contributed by atoms with Crippen LogP contribution in [0.4, 0.5) is 0 Å². The monoisotopic (exact) mass is 389 g/mol. The summed E-state index contributed by atoms with van der Waals surface area (Å²) < 4.78 is 1.58. The van der Waals surface area contributed by atoms with Crippen LogP contribution in [-0.2, 0) is 6.42 Å². The van der Waals surface area contributed by atoms with E-state index in [1.54, 1.807) is 4.52 Å². The van der Waals surface area contributed by atoms with Crippen LogP contribution >= 0.6 is 11.3 Å². The third kappa shape index (κ3) is 3.58. The zero-order valence-corrected chi connectivity index (χ0v) is 16.4. The minimum absolute atomic E-state index is 0.0699. The van der Waals surface area contributed by atoms with Crippen molar-refractivity contribution in [2.45, 2.75) is 19.4 Å². The molecule has 0 unspecified atom stereocenters. The second-order valence-corrected chi connectivity index (χ2v) is 8.10. The number of hydrogen-bond donors (Lipinski definition) is 4. The zero-order valence-electron chi connectivity index (χ0n) is 15.6. The van der Waals surface area contributed by atoms with E-state index in [4.69, 9.17) is 0 Å². The Morgan fingerprint density at radius 1 is 1.19 bits per heavy atom. The van der Waals surface area contributed by atoms with E-state index in [-0.39, 0.29) is 18.5 Å². The maximum atomic E-state index is 10.9. The van der Waals surface area contributed by atoms with Crippen molar-refractivity contribution in [3.63, 3.8) is 0 Å². The molecule has 8 heteroatoms. The Kier molecular flexibility index (Phi) is 5.40. The number of aromatic nitrogens is 3. The van der Waals surface area contributed by atoms with Crippen molar-refractivity contribution >= 4 is 16.3 Å². The summed E-state index contributed by atoms with van der Waals surface area (Å²) in [7, 11) is 0. The SMILES string of the molecule is CCc1nc2sc([C@H](c3ccccc3)[NH+]3CC[NH+](CCO)CC3)c(O)n2n1. The minimum Gasteiger partial charge on any atom is -0.492 e. The van der Waals surface area contributed by atoms with Gasteiger partial charge in [0, 0.05) is 12.0 Å². The number of benzene rings is 1. The molecule has 0 saturated carbocycles. The van der Waals surface area contributed by atoms with Crippen LogP contribution < -0.4 is 9.80 Å². The fourth-order valence-electron chi connectivity index (χ4n) is 3.97. The first kappa shape index (κ1) is 18.4. The van der Waals surface area contributed by atoms with Gasteiger partial charge in [0.15, 0.2) is 11.9 Å². The number of piperazine rings is 1. The topological polar surface area (TPSA) is 79.5 Å². The molecule has 2 aromatic heterocycles. The first-order valence-corrected chi connectivity index (χ1v) is 10.4. The smallest absolute Gasteiger partial charge is 0.235 e. The van der Waals surface area contributed by atoms with Gasteiger partial charge in [-0.3, -0.25) is 0 Å². The summed E-state index contributed by atoms with van der Waals surface area (Å²) in [6.07, 6.45) is 0.756. The number of aliphatic hydroxyl groups excluding tert-OH is 1. The van der Waals surface area contributed by atoms with Crippen molar-refractivity contribution in [3.05, 3.63) is 46.6 Å². The van der Waals surface area contributed by atoms with Gasteiger partial charge < -0.3 is 20.0 Å². The van der Waals surface area contributed by atoms with Crippen molar-refractivity contribution in [2.75, 3.05) is 39.3 Å². The van der Waals surface area contributed by atoms with E-state index >= 15 is 0 Å². The molecule has 0 amide bonds. The Bertz CT molecular complexity index is 886.